The second kappa shape index (κ2) is 10.6. The molecule has 1 N–H and O–H groups in total. The largest absolute Gasteiger partial charge is 0.457 e. The van der Waals surface area contributed by atoms with E-state index in [0.29, 0.717) is 25.7 Å². The Bertz CT molecular complexity index is 1030. The lowest BCUT2D eigenvalue weighted by molar-refractivity contribution is -0.181. The average Bonchev–Trinajstić information content (AvgIpc) is 3.13. The summed E-state index contributed by atoms with van der Waals surface area (Å²) in [6.07, 6.45) is 1.31. The molecule has 188 valence electrons. The summed E-state index contributed by atoms with van der Waals surface area (Å²) in [6.45, 7) is 6.88. The van der Waals surface area contributed by atoms with Gasteiger partial charge in [0.15, 0.2) is 0 Å². The third kappa shape index (κ3) is 6.92. The molecule has 0 aromatic heterocycles. The summed E-state index contributed by atoms with van der Waals surface area (Å²) in [7, 11) is 0. The molecule has 1 heterocycles. The highest BCUT2D eigenvalue weighted by Gasteiger charge is 2.56. The van der Waals surface area contributed by atoms with Crippen molar-refractivity contribution in [3.05, 3.63) is 71.8 Å². The summed E-state index contributed by atoms with van der Waals surface area (Å²) in [5, 5.41) is 10.9. The molecule has 7 nitrogen and oxygen atoms in total. The predicted octanol–water partition coefficient (Wildman–Crippen LogP) is 4.45. The van der Waals surface area contributed by atoms with E-state index in [4.69, 9.17) is 9.47 Å². The minimum Gasteiger partial charge on any atom is -0.457 e. The SMILES string of the molecule is CC(C)(CCc1ccccc1)OC(=O)N1CCC(O)(C(=O)OC(C)(C)CCc2ccccc2)C1=O. The van der Waals surface area contributed by atoms with Crippen molar-refractivity contribution in [2.24, 2.45) is 0 Å². The van der Waals surface area contributed by atoms with Gasteiger partial charge < -0.3 is 14.6 Å². The lowest BCUT2D eigenvalue weighted by Gasteiger charge is -2.30. The molecule has 1 aliphatic rings. The maximum absolute atomic E-state index is 12.9. The Morgan fingerprint density at radius 1 is 0.857 bits per heavy atom. The zero-order chi connectivity index (χ0) is 25.7. The van der Waals surface area contributed by atoms with Gasteiger partial charge in [-0.2, -0.15) is 0 Å². The van der Waals surface area contributed by atoms with E-state index < -0.39 is 34.8 Å². The highest BCUT2D eigenvalue weighted by Crippen LogP contribution is 2.30. The fourth-order valence-electron chi connectivity index (χ4n) is 3.98. The topological polar surface area (TPSA) is 93.1 Å². The van der Waals surface area contributed by atoms with Crippen LogP contribution in [0, 0.1) is 0 Å². The van der Waals surface area contributed by atoms with Gasteiger partial charge in [-0.15, -0.1) is 0 Å². The van der Waals surface area contributed by atoms with Crippen molar-refractivity contribution in [3.63, 3.8) is 0 Å². The van der Waals surface area contributed by atoms with Crippen LogP contribution in [-0.2, 0) is 31.9 Å². The molecule has 1 atom stereocenters. The molecule has 2 aromatic carbocycles. The Balaban J connectivity index is 1.56. The van der Waals surface area contributed by atoms with E-state index in [1.807, 2.05) is 60.7 Å². The van der Waals surface area contributed by atoms with Crippen LogP contribution < -0.4 is 0 Å². The predicted molar refractivity (Wildman–Crippen MR) is 132 cm³/mol. The number of rotatable bonds is 9. The fourth-order valence-corrected chi connectivity index (χ4v) is 3.98. The normalized spacial score (nSPS) is 18.4. The van der Waals surface area contributed by atoms with Gasteiger partial charge in [0, 0.05) is 13.0 Å². The second-order valence-electron chi connectivity index (χ2n) is 10.3. The smallest absolute Gasteiger partial charge is 0.417 e. The molecule has 0 saturated carbocycles. The Morgan fingerprint density at radius 3 is 1.80 bits per heavy atom. The number of imide groups is 1. The van der Waals surface area contributed by atoms with E-state index in [-0.39, 0.29) is 13.0 Å². The van der Waals surface area contributed by atoms with Crippen molar-refractivity contribution in [1.82, 2.24) is 4.90 Å². The number of likely N-dealkylation sites (tertiary alicyclic amines) is 1. The summed E-state index contributed by atoms with van der Waals surface area (Å²) < 4.78 is 11.1. The Labute approximate surface area is 207 Å². The molecule has 0 aliphatic carbocycles. The van der Waals surface area contributed by atoms with Crippen LogP contribution in [0.2, 0.25) is 0 Å². The van der Waals surface area contributed by atoms with Crippen molar-refractivity contribution >= 4 is 18.0 Å². The summed E-state index contributed by atoms with van der Waals surface area (Å²) in [6, 6.07) is 19.6. The summed E-state index contributed by atoms with van der Waals surface area (Å²) >= 11 is 0. The van der Waals surface area contributed by atoms with Crippen LogP contribution in [0.15, 0.2) is 60.7 Å². The first kappa shape index (κ1) is 26.4. The van der Waals surface area contributed by atoms with Gasteiger partial charge in [-0.25, -0.2) is 14.5 Å². The number of ether oxygens (including phenoxy) is 2. The van der Waals surface area contributed by atoms with E-state index >= 15 is 0 Å². The van der Waals surface area contributed by atoms with E-state index in [1.165, 1.54) is 0 Å². The molecule has 7 heteroatoms. The molecular formula is C28H35NO6. The molecule has 3 rings (SSSR count). The monoisotopic (exact) mass is 481 g/mol. The van der Waals surface area contributed by atoms with Crippen LogP contribution in [0.5, 0.6) is 0 Å². The van der Waals surface area contributed by atoms with Gasteiger partial charge in [-0.3, -0.25) is 4.79 Å². The Hall–Kier alpha value is -3.19. The molecule has 0 bridgehead atoms. The van der Waals surface area contributed by atoms with Gasteiger partial charge in [0.25, 0.3) is 5.91 Å². The van der Waals surface area contributed by atoms with E-state index in [9.17, 15) is 19.5 Å². The number of hydrogen-bond acceptors (Lipinski definition) is 6. The standard InChI is InChI=1S/C28H35NO6/c1-26(2,17-15-21-11-7-5-8-12-21)34-24(31)28(33)19-20-29(23(28)30)25(32)35-27(3,4)18-16-22-13-9-6-10-14-22/h5-14,33H,15-20H2,1-4H3. The highest BCUT2D eigenvalue weighted by atomic mass is 16.6. The number of amides is 2. The average molecular weight is 482 g/mol. The quantitative estimate of drug-likeness (QED) is 0.420. The van der Waals surface area contributed by atoms with Crippen LogP contribution in [0.3, 0.4) is 0 Å². The maximum atomic E-state index is 12.9. The van der Waals surface area contributed by atoms with Gasteiger partial charge in [-0.1, -0.05) is 60.7 Å². The van der Waals surface area contributed by atoms with Crippen molar-refractivity contribution in [3.8, 4) is 0 Å². The molecule has 35 heavy (non-hydrogen) atoms. The van der Waals surface area contributed by atoms with Gasteiger partial charge in [0.05, 0.1) is 0 Å². The number of benzene rings is 2. The van der Waals surface area contributed by atoms with Crippen molar-refractivity contribution in [2.45, 2.75) is 76.6 Å². The minimum atomic E-state index is -2.41. The van der Waals surface area contributed by atoms with Gasteiger partial charge in [-0.05, 0) is 64.5 Å². The van der Waals surface area contributed by atoms with Crippen molar-refractivity contribution in [1.29, 1.82) is 0 Å². The number of nitrogens with zero attached hydrogens (tertiary/aromatic N) is 1. The zero-order valence-electron chi connectivity index (χ0n) is 21.0. The Kier molecular flexibility index (Phi) is 8.00. The van der Waals surface area contributed by atoms with Crippen LogP contribution in [0.1, 0.15) is 58.1 Å². The first-order chi connectivity index (χ1) is 16.4. The first-order valence-electron chi connectivity index (χ1n) is 12.0. The highest BCUT2D eigenvalue weighted by molar-refractivity contribution is 6.12. The molecule has 1 fully saturated rings. The molecule has 1 saturated heterocycles. The number of aliphatic hydroxyl groups is 1. The molecule has 1 aliphatic heterocycles. The van der Waals surface area contributed by atoms with Crippen LogP contribution >= 0.6 is 0 Å². The number of carbonyl (C=O) groups is 3. The summed E-state index contributed by atoms with van der Waals surface area (Å²) in [5.41, 5.74) is -1.95. The number of esters is 1. The van der Waals surface area contributed by atoms with Crippen LogP contribution in [0.25, 0.3) is 0 Å². The minimum absolute atomic E-state index is 0.123. The molecule has 0 spiro atoms. The van der Waals surface area contributed by atoms with Gasteiger partial charge in [0.2, 0.25) is 5.60 Å². The summed E-state index contributed by atoms with van der Waals surface area (Å²) in [5.74, 6) is -2.05. The molecule has 2 amide bonds. The van der Waals surface area contributed by atoms with Gasteiger partial charge in [0.1, 0.15) is 11.2 Å². The third-order valence-corrected chi connectivity index (χ3v) is 6.30. The maximum Gasteiger partial charge on any atom is 0.417 e. The van der Waals surface area contributed by atoms with E-state index in [2.05, 4.69) is 0 Å². The van der Waals surface area contributed by atoms with Gasteiger partial charge >= 0.3 is 12.1 Å². The van der Waals surface area contributed by atoms with Crippen LogP contribution in [0.4, 0.5) is 4.79 Å². The van der Waals surface area contributed by atoms with Crippen molar-refractivity contribution in [2.75, 3.05) is 6.54 Å². The van der Waals surface area contributed by atoms with E-state index in [1.54, 1.807) is 27.7 Å². The molecule has 0 radical (unpaired) electrons. The number of hydrogen-bond donors (Lipinski definition) is 1. The second-order valence-corrected chi connectivity index (χ2v) is 10.3. The number of carbonyl (C=O) groups excluding carboxylic acids is 3. The Morgan fingerprint density at radius 2 is 1.31 bits per heavy atom. The zero-order valence-corrected chi connectivity index (χ0v) is 21.0. The number of aryl methyl sites for hydroxylation is 2. The molecular weight excluding hydrogens is 446 g/mol. The lowest BCUT2D eigenvalue weighted by Crippen LogP contribution is -2.51. The molecule has 2 aromatic rings. The van der Waals surface area contributed by atoms with Crippen molar-refractivity contribution < 1.29 is 29.0 Å². The van der Waals surface area contributed by atoms with Crippen LogP contribution in [-0.4, -0.2) is 51.3 Å². The molecule has 1 unspecified atom stereocenters. The van der Waals surface area contributed by atoms with E-state index in [0.717, 1.165) is 16.0 Å². The lowest BCUT2D eigenvalue weighted by atomic mass is 9.97. The third-order valence-electron chi connectivity index (χ3n) is 6.30. The fraction of sp³-hybridized carbons (Fsp3) is 0.464. The summed E-state index contributed by atoms with van der Waals surface area (Å²) in [4.78, 5) is 39.3. The first-order valence-corrected chi connectivity index (χ1v) is 12.0.